The number of hydrogen-bond acceptors (Lipinski definition) is 1. The van der Waals surface area contributed by atoms with Gasteiger partial charge < -0.3 is 4.90 Å². The molecule has 1 aliphatic rings. The summed E-state index contributed by atoms with van der Waals surface area (Å²) in [7, 11) is 0. The van der Waals surface area contributed by atoms with E-state index >= 15 is 0 Å². The minimum Gasteiger partial charge on any atom is -0.339 e. The average molecular weight is 247 g/mol. The normalized spacial score (nSPS) is 14.8. The molecule has 0 saturated carbocycles. The summed E-state index contributed by atoms with van der Waals surface area (Å²) in [6.45, 7) is 1.58. The van der Waals surface area contributed by atoms with Crippen LogP contribution in [0.3, 0.4) is 0 Å². The highest BCUT2D eigenvalue weighted by Gasteiger charge is 2.12. The van der Waals surface area contributed by atoms with Crippen molar-refractivity contribution in [3.8, 4) is 0 Å². The number of aryl methyl sites for hydroxylation is 1. The lowest BCUT2D eigenvalue weighted by Gasteiger charge is -2.23. The Morgan fingerprint density at radius 3 is 2.67 bits per heavy atom. The molecule has 1 aromatic rings. The first-order valence-electron chi connectivity index (χ1n) is 6.43. The Morgan fingerprint density at radius 2 is 2.00 bits per heavy atom. The SMILES string of the molecule is O=C(CCCc1ccc(F)cc1)N1CC=CCC1. The third kappa shape index (κ3) is 3.69. The molecule has 1 aliphatic heterocycles. The van der Waals surface area contributed by atoms with Crippen LogP contribution < -0.4 is 0 Å². The molecule has 3 heteroatoms. The predicted molar refractivity (Wildman–Crippen MR) is 69.7 cm³/mol. The van der Waals surface area contributed by atoms with E-state index in [1.807, 2.05) is 11.0 Å². The highest BCUT2D eigenvalue weighted by molar-refractivity contribution is 5.76. The lowest BCUT2D eigenvalue weighted by molar-refractivity contribution is -0.130. The summed E-state index contributed by atoms with van der Waals surface area (Å²) in [5.41, 5.74) is 1.09. The second-order valence-electron chi connectivity index (χ2n) is 4.58. The number of benzene rings is 1. The summed E-state index contributed by atoms with van der Waals surface area (Å²) in [6, 6.07) is 6.49. The fourth-order valence-electron chi connectivity index (χ4n) is 2.12. The van der Waals surface area contributed by atoms with Crippen molar-refractivity contribution in [1.29, 1.82) is 0 Å². The molecule has 0 aromatic heterocycles. The summed E-state index contributed by atoms with van der Waals surface area (Å²) in [4.78, 5) is 13.8. The summed E-state index contributed by atoms with van der Waals surface area (Å²) in [5, 5.41) is 0. The Morgan fingerprint density at radius 1 is 1.22 bits per heavy atom. The van der Waals surface area contributed by atoms with Crippen LogP contribution in [0.15, 0.2) is 36.4 Å². The number of nitrogens with zero attached hydrogens (tertiary/aromatic N) is 1. The van der Waals surface area contributed by atoms with Crippen LogP contribution in [0.5, 0.6) is 0 Å². The number of amides is 1. The van der Waals surface area contributed by atoms with E-state index in [-0.39, 0.29) is 11.7 Å². The maximum atomic E-state index is 12.7. The highest BCUT2D eigenvalue weighted by atomic mass is 19.1. The monoisotopic (exact) mass is 247 g/mol. The average Bonchev–Trinajstić information content (AvgIpc) is 2.42. The number of rotatable bonds is 4. The molecule has 0 bridgehead atoms. The molecule has 2 rings (SSSR count). The molecule has 1 aromatic carbocycles. The number of hydrogen-bond donors (Lipinski definition) is 0. The zero-order valence-corrected chi connectivity index (χ0v) is 10.4. The maximum Gasteiger partial charge on any atom is 0.222 e. The van der Waals surface area contributed by atoms with Crippen LogP contribution in [0, 0.1) is 5.82 Å². The van der Waals surface area contributed by atoms with Gasteiger partial charge in [0.1, 0.15) is 5.82 Å². The van der Waals surface area contributed by atoms with Crippen LogP contribution in [-0.4, -0.2) is 23.9 Å². The van der Waals surface area contributed by atoms with Crippen LogP contribution in [0.1, 0.15) is 24.8 Å². The van der Waals surface area contributed by atoms with E-state index < -0.39 is 0 Å². The zero-order valence-electron chi connectivity index (χ0n) is 10.4. The van der Waals surface area contributed by atoms with E-state index in [0.29, 0.717) is 6.42 Å². The van der Waals surface area contributed by atoms with Gasteiger partial charge in [0.05, 0.1) is 0 Å². The van der Waals surface area contributed by atoms with Crippen LogP contribution >= 0.6 is 0 Å². The molecule has 0 saturated heterocycles. The minimum atomic E-state index is -0.213. The third-order valence-electron chi connectivity index (χ3n) is 3.18. The topological polar surface area (TPSA) is 20.3 Å². The van der Waals surface area contributed by atoms with Crippen molar-refractivity contribution in [1.82, 2.24) is 4.90 Å². The van der Waals surface area contributed by atoms with Crippen molar-refractivity contribution in [2.75, 3.05) is 13.1 Å². The Kier molecular flexibility index (Phi) is 4.51. The lowest BCUT2D eigenvalue weighted by Crippen LogP contribution is -2.33. The second-order valence-corrected chi connectivity index (χ2v) is 4.58. The minimum absolute atomic E-state index is 0.213. The van der Waals surface area contributed by atoms with Crippen molar-refractivity contribution in [3.63, 3.8) is 0 Å². The molecule has 0 unspecified atom stereocenters. The van der Waals surface area contributed by atoms with E-state index in [0.717, 1.165) is 37.9 Å². The van der Waals surface area contributed by atoms with Crippen LogP contribution in [-0.2, 0) is 11.2 Å². The smallest absolute Gasteiger partial charge is 0.222 e. The highest BCUT2D eigenvalue weighted by Crippen LogP contribution is 2.09. The quantitative estimate of drug-likeness (QED) is 0.749. The second kappa shape index (κ2) is 6.34. The molecule has 2 nitrogen and oxygen atoms in total. The van der Waals surface area contributed by atoms with Gasteiger partial charge in [-0.2, -0.15) is 0 Å². The molecule has 0 N–H and O–H groups in total. The molecular weight excluding hydrogens is 229 g/mol. The molecular formula is C15H18FNO. The number of carbonyl (C=O) groups is 1. The standard InChI is InChI=1S/C15H18FNO/c16-14-9-7-13(8-10-14)5-4-6-15(18)17-11-2-1-3-12-17/h1-2,7-10H,3-6,11-12H2. The summed E-state index contributed by atoms with van der Waals surface area (Å²) < 4.78 is 12.7. The molecule has 18 heavy (non-hydrogen) atoms. The number of halogens is 1. The first kappa shape index (κ1) is 12.8. The fourth-order valence-corrected chi connectivity index (χ4v) is 2.12. The van der Waals surface area contributed by atoms with Crippen molar-refractivity contribution in [3.05, 3.63) is 47.8 Å². The van der Waals surface area contributed by atoms with E-state index in [4.69, 9.17) is 0 Å². The molecule has 0 aliphatic carbocycles. The van der Waals surface area contributed by atoms with Gasteiger partial charge in [0.2, 0.25) is 5.91 Å². The van der Waals surface area contributed by atoms with Crippen LogP contribution in [0.2, 0.25) is 0 Å². The van der Waals surface area contributed by atoms with Gasteiger partial charge in [0.25, 0.3) is 0 Å². The Balaban J connectivity index is 1.73. The van der Waals surface area contributed by atoms with E-state index in [1.165, 1.54) is 12.1 Å². The molecule has 0 spiro atoms. The predicted octanol–water partition coefficient (Wildman–Crippen LogP) is 2.94. The summed E-state index contributed by atoms with van der Waals surface area (Å²) >= 11 is 0. The van der Waals surface area contributed by atoms with Gasteiger partial charge in [-0.3, -0.25) is 4.79 Å². The largest absolute Gasteiger partial charge is 0.339 e. The van der Waals surface area contributed by atoms with Gasteiger partial charge in [-0.1, -0.05) is 24.3 Å². The van der Waals surface area contributed by atoms with Crippen molar-refractivity contribution in [2.45, 2.75) is 25.7 Å². The summed E-state index contributed by atoms with van der Waals surface area (Å²) in [6.07, 6.45) is 7.35. The summed E-state index contributed by atoms with van der Waals surface area (Å²) in [5.74, 6) is 0.0105. The van der Waals surface area contributed by atoms with Gasteiger partial charge in [0, 0.05) is 19.5 Å². The molecule has 1 heterocycles. The Bertz CT molecular complexity index is 425. The van der Waals surface area contributed by atoms with Crippen molar-refractivity contribution >= 4 is 5.91 Å². The van der Waals surface area contributed by atoms with E-state index in [9.17, 15) is 9.18 Å². The number of carbonyl (C=O) groups excluding carboxylic acids is 1. The maximum absolute atomic E-state index is 12.7. The molecule has 0 atom stereocenters. The van der Waals surface area contributed by atoms with E-state index in [2.05, 4.69) is 6.08 Å². The van der Waals surface area contributed by atoms with E-state index in [1.54, 1.807) is 12.1 Å². The van der Waals surface area contributed by atoms with Gasteiger partial charge in [0.15, 0.2) is 0 Å². The van der Waals surface area contributed by atoms with Gasteiger partial charge in [-0.05, 0) is 37.0 Å². The van der Waals surface area contributed by atoms with Gasteiger partial charge >= 0.3 is 0 Å². The van der Waals surface area contributed by atoms with Gasteiger partial charge in [-0.25, -0.2) is 4.39 Å². The van der Waals surface area contributed by atoms with Crippen LogP contribution in [0.25, 0.3) is 0 Å². The first-order chi connectivity index (χ1) is 8.75. The van der Waals surface area contributed by atoms with Crippen molar-refractivity contribution < 1.29 is 9.18 Å². The lowest BCUT2D eigenvalue weighted by atomic mass is 10.1. The zero-order chi connectivity index (χ0) is 12.8. The third-order valence-corrected chi connectivity index (χ3v) is 3.18. The van der Waals surface area contributed by atoms with Crippen LogP contribution in [0.4, 0.5) is 4.39 Å². The Hall–Kier alpha value is -1.64. The molecule has 0 radical (unpaired) electrons. The Labute approximate surface area is 107 Å². The van der Waals surface area contributed by atoms with Gasteiger partial charge in [-0.15, -0.1) is 0 Å². The van der Waals surface area contributed by atoms with Crippen molar-refractivity contribution in [2.24, 2.45) is 0 Å². The molecule has 96 valence electrons. The first-order valence-corrected chi connectivity index (χ1v) is 6.43. The molecule has 1 amide bonds. The molecule has 0 fully saturated rings. The fraction of sp³-hybridized carbons (Fsp3) is 0.400.